The molecule has 0 aromatic heterocycles. The topological polar surface area (TPSA) is 3.24 Å². The van der Waals surface area contributed by atoms with Gasteiger partial charge in [0.05, 0.1) is 0 Å². The minimum atomic E-state index is 0.590. The van der Waals surface area contributed by atoms with Gasteiger partial charge in [-0.2, -0.15) is 0 Å². The fourth-order valence-corrected chi connectivity index (χ4v) is 2.41. The summed E-state index contributed by atoms with van der Waals surface area (Å²) in [5, 5.41) is 0. The summed E-state index contributed by atoms with van der Waals surface area (Å²) in [4.78, 5) is 2.42. The molecule has 0 heterocycles. The van der Waals surface area contributed by atoms with Crippen LogP contribution in [-0.4, -0.2) is 30.4 Å². The molecule has 0 amide bonds. The monoisotopic (exact) mass is 215 g/mol. The summed E-state index contributed by atoms with van der Waals surface area (Å²) in [6, 6.07) is 0.749. The molecule has 0 bridgehead atoms. The molecule has 2 heteroatoms. The van der Waals surface area contributed by atoms with Gasteiger partial charge in [-0.3, -0.25) is 4.90 Å². The molecule has 0 aliphatic heterocycles. The van der Waals surface area contributed by atoms with E-state index in [2.05, 4.69) is 25.5 Å². The Kier molecular flexibility index (Phi) is 4.97. The van der Waals surface area contributed by atoms with Crippen molar-refractivity contribution in [2.75, 3.05) is 19.5 Å². The lowest BCUT2D eigenvalue weighted by atomic mass is 9.86. The zero-order valence-electron chi connectivity index (χ0n) is 9.43. The molecule has 0 saturated heterocycles. The summed E-state index contributed by atoms with van der Waals surface area (Å²) in [6.07, 6.45) is 5.47. The average molecular weight is 216 g/mol. The van der Waals surface area contributed by atoms with E-state index < -0.39 is 0 Å². The maximum absolute atomic E-state index is 5.74. The molecule has 2 atom stereocenters. The van der Waals surface area contributed by atoms with E-state index in [-0.39, 0.29) is 0 Å². The number of hydrogen-bond acceptors (Lipinski definition) is 1. The molecular weight excluding hydrogens is 194 g/mol. The summed E-state index contributed by atoms with van der Waals surface area (Å²) in [7, 11) is 2.19. The molecule has 1 saturated carbocycles. The lowest BCUT2D eigenvalue weighted by Gasteiger charge is -2.34. The van der Waals surface area contributed by atoms with Crippen molar-refractivity contribution in [1.82, 2.24) is 4.90 Å². The smallest absolute Gasteiger partial charge is 0.0443 e. The van der Waals surface area contributed by atoms with Crippen LogP contribution in [-0.2, 0) is 0 Å². The van der Waals surface area contributed by atoms with E-state index in [1.165, 1.54) is 25.7 Å². The molecule has 1 aliphatic carbocycles. The van der Waals surface area contributed by atoms with Crippen LogP contribution in [0.2, 0.25) is 0 Å². The van der Waals surface area contributed by atoms with Crippen LogP contribution < -0.4 is 0 Å². The molecular formula is C12H22ClN. The van der Waals surface area contributed by atoms with Crippen LogP contribution in [0.4, 0.5) is 0 Å². The Morgan fingerprint density at radius 2 is 2.21 bits per heavy atom. The van der Waals surface area contributed by atoms with Gasteiger partial charge in [0, 0.05) is 18.5 Å². The van der Waals surface area contributed by atoms with Crippen LogP contribution in [0, 0.1) is 5.92 Å². The fourth-order valence-electron chi connectivity index (χ4n) is 2.33. The van der Waals surface area contributed by atoms with Crippen LogP contribution in [0.5, 0.6) is 0 Å². The highest BCUT2D eigenvalue weighted by Crippen LogP contribution is 2.26. The Hall–Kier alpha value is -0.0100. The van der Waals surface area contributed by atoms with Gasteiger partial charge in [-0.1, -0.05) is 26.3 Å². The maximum Gasteiger partial charge on any atom is 0.0443 e. The van der Waals surface area contributed by atoms with Crippen molar-refractivity contribution < 1.29 is 0 Å². The van der Waals surface area contributed by atoms with E-state index in [1.54, 1.807) is 0 Å². The first-order valence-electron chi connectivity index (χ1n) is 5.56. The van der Waals surface area contributed by atoms with Crippen molar-refractivity contribution in [2.45, 2.75) is 38.6 Å². The molecule has 1 nitrogen and oxygen atoms in total. The van der Waals surface area contributed by atoms with Gasteiger partial charge in [0.15, 0.2) is 0 Å². The lowest BCUT2D eigenvalue weighted by molar-refractivity contribution is 0.175. The highest BCUT2D eigenvalue weighted by molar-refractivity contribution is 6.19. The van der Waals surface area contributed by atoms with Crippen molar-refractivity contribution in [3.8, 4) is 0 Å². The molecule has 1 fully saturated rings. The van der Waals surface area contributed by atoms with Crippen LogP contribution >= 0.6 is 11.6 Å². The van der Waals surface area contributed by atoms with E-state index in [1.807, 2.05) is 0 Å². The van der Waals surface area contributed by atoms with E-state index in [0.717, 1.165) is 24.1 Å². The van der Waals surface area contributed by atoms with E-state index >= 15 is 0 Å². The van der Waals surface area contributed by atoms with Crippen molar-refractivity contribution in [3.63, 3.8) is 0 Å². The molecule has 0 aromatic rings. The third-order valence-corrected chi connectivity index (χ3v) is 3.57. The van der Waals surface area contributed by atoms with Gasteiger partial charge < -0.3 is 0 Å². The summed E-state index contributed by atoms with van der Waals surface area (Å²) in [5.41, 5.74) is 1.13. The van der Waals surface area contributed by atoms with Crippen LogP contribution in [0.1, 0.15) is 32.6 Å². The second-order valence-corrected chi connectivity index (χ2v) is 4.99. The Morgan fingerprint density at radius 1 is 1.50 bits per heavy atom. The number of hydrogen-bond donors (Lipinski definition) is 0. The zero-order chi connectivity index (χ0) is 10.6. The highest BCUT2D eigenvalue weighted by Gasteiger charge is 2.22. The quantitative estimate of drug-likeness (QED) is 0.514. The summed E-state index contributed by atoms with van der Waals surface area (Å²) in [6.45, 7) is 7.27. The highest BCUT2D eigenvalue weighted by atomic mass is 35.5. The zero-order valence-corrected chi connectivity index (χ0v) is 10.2. The molecule has 0 N–H and O–H groups in total. The Balaban J connectivity index is 2.35. The first kappa shape index (κ1) is 12.1. The molecule has 82 valence electrons. The molecule has 0 spiro atoms. The third-order valence-electron chi connectivity index (χ3n) is 3.19. The first-order valence-corrected chi connectivity index (χ1v) is 6.09. The van der Waals surface area contributed by atoms with Crippen molar-refractivity contribution >= 4 is 11.6 Å². The fraction of sp³-hybridized carbons (Fsp3) is 0.833. The molecule has 2 unspecified atom stereocenters. The molecule has 1 aliphatic rings. The number of rotatable bonds is 4. The molecule has 1 rings (SSSR count). The standard InChI is InChI=1S/C12H22ClN/c1-10-5-4-6-12(7-10)14(3)9-11(2)8-13/h10,12H,2,4-9H2,1,3H3. The normalized spacial score (nSPS) is 28.0. The maximum atomic E-state index is 5.74. The van der Waals surface area contributed by atoms with Gasteiger partial charge in [-0.05, 0) is 31.4 Å². The number of nitrogens with zero attached hydrogens (tertiary/aromatic N) is 1. The van der Waals surface area contributed by atoms with Crippen molar-refractivity contribution in [1.29, 1.82) is 0 Å². The van der Waals surface area contributed by atoms with Gasteiger partial charge in [0.2, 0.25) is 0 Å². The number of alkyl halides is 1. The number of halogens is 1. The van der Waals surface area contributed by atoms with E-state index in [9.17, 15) is 0 Å². The van der Waals surface area contributed by atoms with Gasteiger partial charge in [-0.15, -0.1) is 11.6 Å². The Bertz CT molecular complexity index is 191. The average Bonchev–Trinajstić information content (AvgIpc) is 2.17. The van der Waals surface area contributed by atoms with Crippen LogP contribution in [0.15, 0.2) is 12.2 Å². The van der Waals surface area contributed by atoms with Crippen molar-refractivity contribution in [2.24, 2.45) is 5.92 Å². The molecule has 14 heavy (non-hydrogen) atoms. The minimum absolute atomic E-state index is 0.590. The summed E-state index contributed by atoms with van der Waals surface area (Å²) < 4.78 is 0. The summed E-state index contributed by atoms with van der Waals surface area (Å²) >= 11 is 5.74. The van der Waals surface area contributed by atoms with Gasteiger partial charge in [0.1, 0.15) is 0 Å². The SMILES string of the molecule is C=C(CCl)CN(C)C1CCCC(C)C1. The van der Waals surface area contributed by atoms with Gasteiger partial charge >= 0.3 is 0 Å². The summed E-state index contributed by atoms with van der Waals surface area (Å²) in [5.74, 6) is 1.48. The third kappa shape index (κ3) is 3.62. The predicted molar refractivity (Wildman–Crippen MR) is 63.9 cm³/mol. The first-order chi connectivity index (χ1) is 6.63. The molecule has 0 aromatic carbocycles. The minimum Gasteiger partial charge on any atom is -0.299 e. The van der Waals surface area contributed by atoms with Gasteiger partial charge in [-0.25, -0.2) is 0 Å². The Labute approximate surface area is 93.1 Å². The second-order valence-electron chi connectivity index (χ2n) is 4.72. The second kappa shape index (κ2) is 5.77. The van der Waals surface area contributed by atoms with Crippen LogP contribution in [0.3, 0.4) is 0 Å². The number of likely N-dealkylation sites (N-methyl/N-ethyl adjacent to an activating group) is 1. The molecule has 0 radical (unpaired) electrons. The van der Waals surface area contributed by atoms with E-state index in [0.29, 0.717) is 5.88 Å². The predicted octanol–water partition coefficient (Wildman–Crippen LogP) is 3.29. The largest absolute Gasteiger partial charge is 0.299 e. The van der Waals surface area contributed by atoms with Gasteiger partial charge in [0.25, 0.3) is 0 Å². The Morgan fingerprint density at radius 3 is 2.79 bits per heavy atom. The van der Waals surface area contributed by atoms with Crippen molar-refractivity contribution in [3.05, 3.63) is 12.2 Å². The van der Waals surface area contributed by atoms with E-state index in [4.69, 9.17) is 11.6 Å². The van der Waals surface area contributed by atoms with Crippen LogP contribution in [0.25, 0.3) is 0 Å². The lowest BCUT2D eigenvalue weighted by Crippen LogP contribution is -2.36.